The molecule has 9 nitrogen and oxygen atoms in total. The number of hydrogen-bond donors (Lipinski definition) is 2. The van der Waals surface area contributed by atoms with E-state index in [2.05, 4.69) is 25.8 Å². The van der Waals surface area contributed by atoms with Crippen molar-refractivity contribution in [2.75, 3.05) is 6.54 Å². The Morgan fingerprint density at radius 1 is 1.32 bits per heavy atom. The molecular formula is C14H13F2N7O2. The zero-order valence-corrected chi connectivity index (χ0v) is 12.8. The number of nitrogens with two attached hydrogens (primary N) is 1. The van der Waals surface area contributed by atoms with Gasteiger partial charge in [-0.25, -0.2) is 8.78 Å². The van der Waals surface area contributed by atoms with Crippen LogP contribution in [-0.2, 0) is 13.1 Å². The van der Waals surface area contributed by atoms with E-state index < -0.39 is 23.1 Å². The van der Waals surface area contributed by atoms with Crippen LogP contribution < -0.4 is 11.1 Å². The number of nitrogens with one attached hydrogen (secondary N) is 1. The second kappa shape index (κ2) is 7.13. The molecule has 11 heteroatoms. The molecule has 3 rings (SSSR count). The molecule has 0 fully saturated rings. The summed E-state index contributed by atoms with van der Waals surface area (Å²) in [5.74, 6) is -2.41. The maximum absolute atomic E-state index is 13.7. The van der Waals surface area contributed by atoms with Crippen LogP contribution in [0.2, 0.25) is 0 Å². The van der Waals surface area contributed by atoms with Crippen molar-refractivity contribution in [3.05, 3.63) is 47.5 Å². The SMILES string of the molecule is NCCn1cc(C(=O)NCc2noc(-c3c(F)cccc3F)n2)nn1. The van der Waals surface area contributed by atoms with Crippen LogP contribution in [-0.4, -0.2) is 37.6 Å². The van der Waals surface area contributed by atoms with E-state index in [-0.39, 0.29) is 24.0 Å². The highest BCUT2D eigenvalue weighted by atomic mass is 19.1. The first-order valence-corrected chi connectivity index (χ1v) is 7.24. The van der Waals surface area contributed by atoms with Crippen molar-refractivity contribution in [3.8, 4) is 11.5 Å². The fourth-order valence-electron chi connectivity index (χ4n) is 2.02. The van der Waals surface area contributed by atoms with Crippen molar-refractivity contribution in [3.63, 3.8) is 0 Å². The monoisotopic (exact) mass is 349 g/mol. The van der Waals surface area contributed by atoms with E-state index in [1.807, 2.05) is 0 Å². The van der Waals surface area contributed by atoms with Crippen LogP contribution in [0.3, 0.4) is 0 Å². The predicted molar refractivity (Wildman–Crippen MR) is 79.9 cm³/mol. The number of hydrogen-bond acceptors (Lipinski definition) is 7. The number of amides is 1. The van der Waals surface area contributed by atoms with Crippen LogP contribution in [0.5, 0.6) is 0 Å². The van der Waals surface area contributed by atoms with Crippen molar-refractivity contribution < 1.29 is 18.1 Å². The van der Waals surface area contributed by atoms with Crippen molar-refractivity contribution in [2.24, 2.45) is 5.73 Å². The fourth-order valence-corrected chi connectivity index (χ4v) is 2.02. The second-order valence-corrected chi connectivity index (χ2v) is 4.95. The lowest BCUT2D eigenvalue weighted by molar-refractivity contribution is 0.0944. The molecule has 0 saturated heterocycles. The molecule has 130 valence electrons. The van der Waals surface area contributed by atoms with Crippen LogP contribution in [0.1, 0.15) is 16.3 Å². The summed E-state index contributed by atoms with van der Waals surface area (Å²) in [5, 5.41) is 13.5. The molecule has 0 saturated carbocycles. The van der Waals surface area contributed by atoms with E-state index >= 15 is 0 Å². The third-order valence-electron chi connectivity index (χ3n) is 3.18. The normalized spacial score (nSPS) is 10.8. The molecule has 2 aromatic heterocycles. The van der Waals surface area contributed by atoms with Gasteiger partial charge in [0, 0.05) is 6.54 Å². The van der Waals surface area contributed by atoms with Crippen molar-refractivity contribution in [1.29, 1.82) is 0 Å². The second-order valence-electron chi connectivity index (χ2n) is 4.95. The minimum absolute atomic E-state index is 0.0559. The van der Waals surface area contributed by atoms with Gasteiger partial charge >= 0.3 is 0 Å². The molecule has 25 heavy (non-hydrogen) atoms. The molecule has 0 unspecified atom stereocenters. The van der Waals surface area contributed by atoms with E-state index in [9.17, 15) is 13.6 Å². The number of carbonyl (C=O) groups is 1. The van der Waals surface area contributed by atoms with Gasteiger partial charge in [-0.05, 0) is 12.1 Å². The van der Waals surface area contributed by atoms with Gasteiger partial charge in [0.25, 0.3) is 11.8 Å². The van der Waals surface area contributed by atoms with E-state index in [0.717, 1.165) is 12.1 Å². The summed E-state index contributed by atoms with van der Waals surface area (Å²) >= 11 is 0. The maximum atomic E-state index is 13.7. The van der Waals surface area contributed by atoms with Gasteiger partial charge < -0.3 is 15.6 Å². The standard InChI is InChI=1S/C14H13F2N7O2/c15-8-2-1-3-9(16)12(8)14-19-11(21-25-14)6-18-13(24)10-7-23(5-4-17)22-20-10/h1-3,7H,4-6,17H2,(H,18,24). The predicted octanol–water partition coefficient (Wildman–Crippen LogP) is 0.495. The molecule has 0 aliphatic rings. The number of rotatable bonds is 6. The minimum Gasteiger partial charge on any atom is -0.343 e. The van der Waals surface area contributed by atoms with Crippen LogP contribution in [0.15, 0.2) is 28.9 Å². The zero-order chi connectivity index (χ0) is 17.8. The molecule has 3 N–H and O–H groups in total. The largest absolute Gasteiger partial charge is 0.343 e. The van der Waals surface area contributed by atoms with Gasteiger partial charge in [-0.3, -0.25) is 9.48 Å². The van der Waals surface area contributed by atoms with E-state index in [1.165, 1.54) is 16.9 Å². The van der Waals surface area contributed by atoms with Crippen molar-refractivity contribution in [2.45, 2.75) is 13.1 Å². The summed E-state index contributed by atoms with van der Waals surface area (Å²) in [6.45, 7) is 0.688. The topological polar surface area (TPSA) is 125 Å². The Morgan fingerprint density at radius 2 is 2.08 bits per heavy atom. The van der Waals surface area contributed by atoms with Crippen LogP contribution in [0.25, 0.3) is 11.5 Å². The summed E-state index contributed by atoms with van der Waals surface area (Å²) in [7, 11) is 0. The Morgan fingerprint density at radius 3 is 2.80 bits per heavy atom. The molecule has 0 spiro atoms. The molecule has 2 heterocycles. The Labute approximate surface area is 139 Å². The number of halogens is 2. The first kappa shape index (κ1) is 16.6. The van der Waals surface area contributed by atoms with Gasteiger partial charge in [0.1, 0.15) is 17.2 Å². The smallest absolute Gasteiger partial charge is 0.273 e. The van der Waals surface area contributed by atoms with E-state index in [4.69, 9.17) is 10.3 Å². The third-order valence-corrected chi connectivity index (χ3v) is 3.18. The fraction of sp³-hybridized carbons (Fsp3) is 0.214. The van der Waals surface area contributed by atoms with Gasteiger partial charge in [-0.2, -0.15) is 4.98 Å². The molecule has 3 aromatic rings. The minimum atomic E-state index is -0.823. The average Bonchev–Trinajstić information content (AvgIpc) is 3.23. The first-order chi connectivity index (χ1) is 12.1. The summed E-state index contributed by atoms with van der Waals surface area (Å²) in [6, 6.07) is 3.38. The Bertz CT molecular complexity index is 873. The zero-order valence-electron chi connectivity index (χ0n) is 12.8. The highest BCUT2D eigenvalue weighted by molar-refractivity contribution is 5.91. The van der Waals surface area contributed by atoms with Crippen molar-refractivity contribution in [1.82, 2.24) is 30.5 Å². The quantitative estimate of drug-likeness (QED) is 0.663. The highest BCUT2D eigenvalue weighted by Gasteiger charge is 2.18. The number of nitrogens with zero attached hydrogens (tertiary/aromatic N) is 5. The third kappa shape index (κ3) is 3.66. The van der Waals surface area contributed by atoms with Gasteiger partial charge in [-0.1, -0.05) is 16.4 Å². The van der Waals surface area contributed by atoms with Crippen LogP contribution in [0, 0.1) is 11.6 Å². The van der Waals surface area contributed by atoms with Gasteiger partial charge in [0.15, 0.2) is 11.5 Å². The van der Waals surface area contributed by atoms with E-state index in [0.29, 0.717) is 13.1 Å². The van der Waals surface area contributed by atoms with Gasteiger partial charge in [0.2, 0.25) is 0 Å². The Hall–Kier alpha value is -3.21. The maximum Gasteiger partial charge on any atom is 0.273 e. The van der Waals surface area contributed by atoms with Crippen LogP contribution >= 0.6 is 0 Å². The summed E-state index contributed by atoms with van der Waals surface area (Å²) < 4.78 is 33.6. The Kier molecular flexibility index (Phi) is 4.75. The number of carbonyl (C=O) groups excluding carboxylic acids is 1. The highest BCUT2D eigenvalue weighted by Crippen LogP contribution is 2.24. The summed E-state index contributed by atoms with van der Waals surface area (Å²) in [6.07, 6.45) is 1.44. The Balaban J connectivity index is 1.66. The molecular weight excluding hydrogens is 336 g/mol. The molecule has 1 aromatic carbocycles. The molecule has 0 aliphatic carbocycles. The average molecular weight is 349 g/mol. The van der Waals surface area contributed by atoms with Crippen LogP contribution in [0.4, 0.5) is 8.78 Å². The van der Waals surface area contributed by atoms with Gasteiger partial charge in [-0.15, -0.1) is 5.10 Å². The number of benzene rings is 1. The molecule has 0 radical (unpaired) electrons. The first-order valence-electron chi connectivity index (χ1n) is 7.24. The summed E-state index contributed by atoms with van der Waals surface area (Å²) in [4.78, 5) is 15.8. The molecule has 1 amide bonds. The number of aromatic nitrogens is 5. The van der Waals surface area contributed by atoms with E-state index in [1.54, 1.807) is 0 Å². The lowest BCUT2D eigenvalue weighted by Crippen LogP contribution is -2.23. The molecule has 0 atom stereocenters. The molecule has 0 bridgehead atoms. The lowest BCUT2D eigenvalue weighted by atomic mass is 10.2. The molecule has 0 aliphatic heterocycles. The summed E-state index contributed by atoms with van der Waals surface area (Å²) in [5.41, 5.74) is 5.06. The lowest BCUT2D eigenvalue weighted by Gasteiger charge is -1.99. The van der Waals surface area contributed by atoms with Gasteiger partial charge in [0.05, 0.1) is 19.3 Å². The van der Waals surface area contributed by atoms with Crippen molar-refractivity contribution >= 4 is 5.91 Å².